The third kappa shape index (κ3) is 3.67. The van der Waals surface area contributed by atoms with Gasteiger partial charge in [0.25, 0.3) is 5.91 Å². The van der Waals surface area contributed by atoms with E-state index in [9.17, 15) is 14.4 Å². The zero-order valence-corrected chi connectivity index (χ0v) is 10.4. The van der Waals surface area contributed by atoms with E-state index in [-0.39, 0.29) is 16.7 Å². The van der Waals surface area contributed by atoms with Crippen LogP contribution in [0, 0.1) is 0 Å². The highest BCUT2D eigenvalue weighted by Gasteiger charge is 2.13. The Labute approximate surface area is 109 Å². The molecule has 0 radical (unpaired) electrons. The molecule has 1 amide bonds. The van der Waals surface area contributed by atoms with Crippen LogP contribution in [0.15, 0.2) is 35.4 Å². The monoisotopic (exact) mass is 263 g/mol. The van der Waals surface area contributed by atoms with Crippen molar-refractivity contribution in [3.8, 4) is 0 Å². The Morgan fingerprint density at radius 3 is 2.21 bits per heavy atom. The second kappa shape index (κ2) is 5.81. The Balaban J connectivity index is 2.95. The second-order valence-electron chi connectivity index (χ2n) is 3.90. The number of carbonyl (C=O) groups excluding carboxylic acids is 1. The SMILES string of the molecule is CC(C(=O)O)=C(C)C(=O)Nc1cccc(C(=O)O)c1. The van der Waals surface area contributed by atoms with E-state index < -0.39 is 17.8 Å². The summed E-state index contributed by atoms with van der Waals surface area (Å²) in [5.74, 6) is -2.86. The topological polar surface area (TPSA) is 104 Å². The van der Waals surface area contributed by atoms with Crippen LogP contribution < -0.4 is 5.32 Å². The van der Waals surface area contributed by atoms with Crippen LogP contribution in [-0.4, -0.2) is 28.1 Å². The minimum Gasteiger partial charge on any atom is -0.478 e. The standard InChI is InChI=1S/C13H13NO5/c1-7(8(2)12(16)17)11(15)14-10-5-3-4-9(6-10)13(18)19/h3-6H,1-2H3,(H,14,15)(H,16,17)(H,18,19). The molecule has 0 fully saturated rings. The van der Waals surface area contributed by atoms with Crippen molar-refractivity contribution >= 4 is 23.5 Å². The van der Waals surface area contributed by atoms with Gasteiger partial charge >= 0.3 is 11.9 Å². The summed E-state index contributed by atoms with van der Waals surface area (Å²) >= 11 is 0. The minimum absolute atomic E-state index is 0.0365. The average molecular weight is 263 g/mol. The fourth-order valence-electron chi connectivity index (χ4n) is 1.29. The van der Waals surface area contributed by atoms with Crippen LogP contribution in [-0.2, 0) is 9.59 Å². The quantitative estimate of drug-likeness (QED) is 0.718. The molecule has 1 aromatic carbocycles. The maximum Gasteiger partial charge on any atom is 0.335 e. The number of carboxylic acid groups (broad SMARTS) is 2. The van der Waals surface area contributed by atoms with Gasteiger partial charge in [0.05, 0.1) is 5.56 Å². The third-order valence-electron chi connectivity index (χ3n) is 2.59. The number of hydrogen-bond donors (Lipinski definition) is 3. The van der Waals surface area contributed by atoms with Crippen molar-refractivity contribution in [3.63, 3.8) is 0 Å². The molecule has 0 aliphatic carbocycles. The fourth-order valence-corrected chi connectivity index (χ4v) is 1.29. The van der Waals surface area contributed by atoms with E-state index in [1.165, 1.54) is 38.1 Å². The summed E-state index contributed by atoms with van der Waals surface area (Å²) in [5, 5.41) is 20.0. The summed E-state index contributed by atoms with van der Waals surface area (Å²) in [6, 6.07) is 5.70. The van der Waals surface area contributed by atoms with Crippen molar-refractivity contribution in [1.29, 1.82) is 0 Å². The Morgan fingerprint density at radius 2 is 1.68 bits per heavy atom. The van der Waals surface area contributed by atoms with Gasteiger partial charge in [0.15, 0.2) is 0 Å². The van der Waals surface area contributed by atoms with Crippen molar-refractivity contribution in [3.05, 3.63) is 41.0 Å². The maximum atomic E-state index is 11.8. The number of anilines is 1. The smallest absolute Gasteiger partial charge is 0.335 e. The third-order valence-corrected chi connectivity index (χ3v) is 2.59. The first-order chi connectivity index (χ1) is 8.82. The van der Waals surface area contributed by atoms with Crippen LogP contribution in [0.25, 0.3) is 0 Å². The van der Waals surface area contributed by atoms with Gasteiger partial charge in [0.2, 0.25) is 0 Å². The Kier molecular flexibility index (Phi) is 4.41. The van der Waals surface area contributed by atoms with Crippen molar-refractivity contribution in [1.82, 2.24) is 0 Å². The van der Waals surface area contributed by atoms with E-state index in [1.807, 2.05) is 0 Å². The van der Waals surface area contributed by atoms with E-state index in [1.54, 1.807) is 0 Å². The molecule has 1 rings (SSSR count). The Hall–Kier alpha value is -2.63. The minimum atomic E-state index is -1.17. The van der Waals surface area contributed by atoms with Crippen molar-refractivity contribution in [2.75, 3.05) is 5.32 Å². The van der Waals surface area contributed by atoms with E-state index in [0.717, 1.165) is 0 Å². The summed E-state index contributed by atoms with van der Waals surface area (Å²) in [6.45, 7) is 2.71. The van der Waals surface area contributed by atoms with E-state index in [4.69, 9.17) is 10.2 Å². The molecular formula is C13H13NO5. The number of amides is 1. The molecule has 0 aliphatic heterocycles. The average Bonchev–Trinajstić information content (AvgIpc) is 2.37. The number of benzene rings is 1. The normalized spacial score (nSPS) is 11.5. The number of hydrogen-bond acceptors (Lipinski definition) is 3. The lowest BCUT2D eigenvalue weighted by Crippen LogP contribution is -2.16. The van der Waals surface area contributed by atoms with E-state index in [2.05, 4.69) is 5.32 Å². The van der Waals surface area contributed by atoms with Crippen LogP contribution in [0.1, 0.15) is 24.2 Å². The summed E-state index contributed by atoms with van der Waals surface area (Å²) in [5.41, 5.74) is 0.331. The molecule has 100 valence electrons. The number of aliphatic carboxylic acids is 1. The first kappa shape index (κ1) is 14.4. The molecule has 0 saturated heterocycles. The van der Waals surface area contributed by atoms with Crippen LogP contribution in [0.4, 0.5) is 5.69 Å². The zero-order valence-electron chi connectivity index (χ0n) is 10.4. The van der Waals surface area contributed by atoms with Gasteiger partial charge < -0.3 is 15.5 Å². The molecule has 0 atom stereocenters. The Morgan fingerprint density at radius 1 is 1.05 bits per heavy atom. The van der Waals surface area contributed by atoms with Gasteiger partial charge in [0, 0.05) is 16.8 Å². The van der Waals surface area contributed by atoms with Gasteiger partial charge in [-0.1, -0.05) is 6.07 Å². The lowest BCUT2D eigenvalue weighted by Gasteiger charge is -2.07. The highest BCUT2D eigenvalue weighted by molar-refractivity contribution is 6.08. The van der Waals surface area contributed by atoms with E-state index >= 15 is 0 Å². The number of rotatable bonds is 4. The largest absolute Gasteiger partial charge is 0.478 e. The van der Waals surface area contributed by atoms with Gasteiger partial charge in [-0.05, 0) is 32.0 Å². The van der Waals surface area contributed by atoms with Crippen LogP contribution in [0.3, 0.4) is 0 Å². The zero-order chi connectivity index (χ0) is 14.6. The molecule has 1 aromatic rings. The molecule has 19 heavy (non-hydrogen) atoms. The molecule has 0 unspecified atom stereocenters. The van der Waals surface area contributed by atoms with Gasteiger partial charge in [0.1, 0.15) is 0 Å². The predicted octanol–water partition coefficient (Wildman–Crippen LogP) is 1.74. The van der Waals surface area contributed by atoms with Gasteiger partial charge in [-0.2, -0.15) is 0 Å². The molecule has 6 heteroatoms. The van der Waals surface area contributed by atoms with Crippen LogP contribution >= 0.6 is 0 Å². The lowest BCUT2D eigenvalue weighted by atomic mass is 10.1. The molecule has 0 aliphatic rings. The fraction of sp³-hybridized carbons (Fsp3) is 0.154. The van der Waals surface area contributed by atoms with Gasteiger partial charge in [-0.3, -0.25) is 4.79 Å². The molecule has 3 N–H and O–H groups in total. The van der Waals surface area contributed by atoms with Crippen molar-refractivity contribution < 1.29 is 24.6 Å². The summed E-state index contributed by atoms with van der Waals surface area (Å²) < 4.78 is 0. The molecule has 0 saturated carbocycles. The van der Waals surface area contributed by atoms with Crippen LogP contribution in [0.2, 0.25) is 0 Å². The summed E-state index contributed by atoms with van der Waals surface area (Å²) in [7, 11) is 0. The number of nitrogens with one attached hydrogen (secondary N) is 1. The van der Waals surface area contributed by atoms with Gasteiger partial charge in [-0.15, -0.1) is 0 Å². The number of carboxylic acids is 2. The molecule has 6 nitrogen and oxygen atoms in total. The molecular weight excluding hydrogens is 250 g/mol. The number of carbonyl (C=O) groups is 3. The van der Waals surface area contributed by atoms with E-state index in [0.29, 0.717) is 5.69 Å². The highest BCUT2D eigenvalue weighted by Crippen LogP contribution is 2.13. The molecule has 0 bridgehead atoms. The molecule has 0 spiro atoms. The number of aromatic carboxylic acids is 1. The van der Waals surface area contributed by atoms with Gasteiger partial charge in [-0.25, -0.2) is 9.59 Å². The van der Waals surface area contributed by atoms with Crippen LogP contribution in [0.5, 0.6) is 0 Å². The summed E-state index contributed by atoms with van der Waals surface area (Å²) in [4.78, 5) is 33.3. The first-order valence-corrected chi connectivity index (χ1v) is 5.38. The maximum absolute atomic E-state index is 11.8. The molecule has 0 heterocycles. The first-order valence-electron chi connectivity index (χ1n) is 5.38. The Bertz CT molecular complexity index is 574. The predicted molar refractivity (Wildman–Crippen MR) is 68.0 cm³/mol. The second-order valence-corrected chi connectivity index (χ2v) is 3.90. The lowest BCUT2D eigenvalue weighted by molar-refractivity contribution is -0.133. The molecule has 0 aromatic heterocycles. The van der Waals surface area contributed by atoms with Crippen molar-refractivity contribution in [2.24, 2.45) is 0 Å². The highest BCUT2D eigenvalue weighted by atomic mass is 16.4. The summed E-state index contributed by atoms with van der Waals surface area (Å²) in [6.07, 6.45) is 0. The van der Waals surface area contributed by atoms with Crippen molar-refractivity contribution in [2.45, 2.75) is 13.8 Å².